The van der Waals surface area contributed by atoms with Gasteiger partial charge in [-0.1, -0.05) is 28.1 Å². The number of nitrogens with one attached hydrogen (secondary N) is 1. The molecule has 1 amide bonds. The van der Waals surface area contributed by atoms with E-state index < -0.39 is 0 Å². The maximum atomic E-state index is 11.8. The molecule has 1 aromatic heterocycles. The van der Waals surface area contributed by atoms with Crippen molar-refractivity contribution in [2.24, 2.45) is 0 Å². The van der Waals surface area contributed by atoms with Crippen LogP contribution in [0.5, 0.6) is 0 Å². The van der Waals surface area contributed by atoms with Crippen LogP contribution in [0.2, 0.25) is 0 Å². The molecular weight excluding hydrogens is 350 g/mol. The van der Waals surface area contributed by atoms with Crippen molar-refractivity contribution < 1.29 is 9.21 Å². The Hall–Kier alpha value is -1.07. The second-order valence-corrected chi connectivity index (χ2v) is 4.67. The van der Waals surface area contributed by atoms with Crippen molar-refractivity contribution in [3.63, 3.8) is 0 Å². The van der Waals surface area contributed by atoms with Gasteiger partial charge in [0.1, 0.15) is 0 Å². The predicted molar refractivity (Wildman–Crippen MR) is 73.4 cm³/mol. The molecule has 0 aliphatic heterocycles. The van der Waals surface area contributed by atoms with Crippen molar-refractivity contribution in [1.29, 1.82) is 0 Å². The number of hydrogen-bond acceptors (Lipinski definition) is 2. The number of carbonyl (C=O) groups is 1. The highest BCUT2D eigenvalue weighted by Crippen LogP contribution is 2.19. The second kappa shape index (κ2) is 5.51. The van der Waals surface area contributed by atoms with Crippen LogP contribution in [-0.4, -0.2) is 5.91 Å². The Balaban J connectivity index is 2.10. The van der Waals surface area contributed by atoms with E-state index >= 15 is 0 Å². The lowest BCUT2D eigenvalue weighted by atomic mass is 10.2. The highest BCUT2D eigenvalue weighted by Gasteiger charge is 2.12. The molecule has 1 N–H and O–H groups in total. The van der Waals surface area contributed by atoms with Crippen molar-refractivity contribution in [3.8, 4) is 0 Å². The third-order valence-electron chi connectivity index (χ3n) is 2.23. The molecule has 0 unspecified atom stereocenters. The summed E-state index contributed by atoms with van der Waals surface area (Å²) >= 11 is 6.54. The number of amides is 1. The van der Waals surface area contributed by atoms with Crippen molar-refractivity contribution in [2.75, 3.05) is 5.32 Å². The Bertz CT molecular complexity index is 520. The summed E-state index contributed by atoms with van der Waals surface area (Å²) in [7, 11) is 0. The average molecular weight is 359 g/mol. The summed E-state index contributed by atoms with van der Waals surface area (Å²) in [5.74, 6) is -0.197. The van der Waals surface area contributed by atoms with Crippen LogP contribution in [0.3, 0.4) is 0 Å². The van der Waals surface area contributed by atoms with Gasteiger partial charge < -0.3 is 9.73 Å². The normalized spacial score (nSPS) is 10.2. The van der Waals surface area contributed by atoms with Gasteiger partial charge in [-0.3, -0.25) is 4.79 Å². The van der Waals surface area contributed by atoms with Crippen molar-refractivity contribution in [2.45, 2.75) is 5.33 Å². The number of carbonyl (C=O) groups excluding carboxylic acids is 1. The molecule has 5 heteroatoms. The molecule has 1 heterocycles. The number of hydrogen-bond donors (Lipinski definition) is 1. The monoisotopic (exact) mass is 357 g/mol. The Morgan fingerprint density at radius 2 is 1.94 bits per heavy atom. The quantitative estimate of drug-likeness (QED) is 0.836. The van der Waals surface area contributed by atoms with Crippen LogP contribution in [-0.2, 0) is 5.33 Å². The fourth-order valence-electron chi connectivity index (χ4n) is 1.33. The van der Waals surface area contributed by atoms with Gasteiger partial charge in [0.2, 0.25) is 0 Å². The van der Waals surface area contributed by atoms with E-state index in [9.17, 15) is 4.79 Å². The Morgan fingerprint density at radius 1 is 1.24 bits per heavy atom. The standard InChI is InChI=1S/C12H9Br2NO2/c13-7-8-1-3-9(4-2-8)15-12(16)10-5-6-17-11(10)14/h1-6H,7H2,(H,15,16). The van der Waals surface area contributed by atoms with Crippen LogP contribution in [0.15, 0.2) is 45.7 Å². The molecule has 2 rings (SSSR count). The zero-order valence-corrected chi connectivity index (χ0v) is 11.9. The van der Waals surface area contributed by atoms with Crippen molar-refractivity contribution in [3.05, 3.63) is 52.4 Å². The van der Waals surface area contributed by atoms with E-state index in [0.29, 0.717) is 10.2 Å². The van der Waals surface area contributed by atoms with E-state index in [4.69, 9.17) is 4.42 Å². The summed E-state index contributed by atoms with van der Waals surface area (Å²) in [4.78, 5) is 11.8. The lowest BCUT2D eigenvalue weighted by Gasteiger charge is -2.04. The fraction of sp³-hybridized carbons (Fsp3) is 0.0833. The molecule has 2 aromatic rings. The summed E-state index contributed by atoms with van der Waals surface area (Å²) in [5.41, 5.74) is 2.40. The summed E-state index contributed by atoms with van der Waals surface area (Å²) in [5, 5.41) is 3.59. The molecule has 17 heavy (non-hydrogen) atoms. The Kier molecular flexibility index (Phi) is 4.02. The molecule has 1 aromatic carbocycles. The van der Waals surface area contributed by atoms with Gasteiger partial charge in [0.25, 0.3) is 5.91 Å². The summed E-state index contributed by atoms with van der Waals surface area (Å²) in [6.07, 6.45) is 1.47. The SMILES string of the molecule is O=C(Nc1ccc(CBr)cc1)c1ccoc1Br. The number of rotatable bonds is 3. The molecule has 0 saturated carbocycles. The van der Waals surface area contributed by atoms with Crippen LogP contribution in [0.25, 0.3) is 0 Å². The van der Waals surface area contributed by atoms with E-state index in [-0.39, 0.29) is 5.91 Å². The first-order valence-electron chi connectivity index (χ1n) is 4.90. The van der Waals surface area contributed by atoms with Crippen LogP contribution in [0.1, 0.15) is 15.9 Å². The lowest BCUT2D eigenvalue weighted by molar-refractivity contribution is 0.102. The van der Waals surface area contributed by atoms with Gasteiger partial charge in [-0.2, -0.15) is 0 Å². The zero-order valence-electron chi connectivity index (χ0n) is 8.74. The number of alkyl halides is 1. The summed E-state index contributed by atoms with van der Waals surface area (Å²) < 4.78 is 5.45. The molecule has 0 aliphatic carbocycles. The van der Waals surface area contributed by atoms with Gasteiger partial charge >= 0.3 is 0 Å². The number of benzene rings is 1. The molecule has 0 bridgehead atoms. The van der Waals surface area contributed by atoms with Crippen molar-refractivity contribution in [1.82, 2.24) is 0 Å². The van der Waals surface area contributed by atoms with Gasteiger partial charge in [-0.25, -0.2) is 0 Å². The average Bonchev–Trinajstić information content (AvgIpc) is 2.76. The lowest BCUT2D eigenvalue weighted by Crippen LogP contribution is -2.11. The maximum absolute atomic E-state index is 11.8. The first kappa shape index (κ1) is 12.4. The molecule has 0 spiro atoms. The first-order chi connectivity index (χ1) is 8.20. The minimum atomic E-state index is -0.197. The van der Waals surface area contributed by atoms with Gasteiger partial charge in [0.15, 0.2) is 4.67 Å². The van der Waals surface area contributed by atoms with Gasteiger partial charge in [0, 0.05) is 11.0 Å². The van der Waals surface area contributed by atoms with E-state index in [1.807, 2.05) is 24.3 Å². The van der Waals surface area contributed by atoms with E-state index in [1.165, 1.54) is 6.26 Å². The third-order valence-corrected chi connectivity index (χ3v) is 3.49. The minimum Gasteiger partial charge on any atom is -0.457 e. The fourth-order valence-corrected chi connectivity index (χ4v) is 2.13. The molecule has 0 atom stereocenters. The second-order valence-electron chi connectivity index (χ2n) is 3.39. The smallest absolute Gasteiger partial charge is 0.260 e. The molecule has 0 aliphatic rings. The molecule has 0 saturated heterocycles. The molecule has 88 valence electrons. The molecule has 0 fully saturated rings. The highest BCUT2D eigenvalue weighted by molar-refractivity contribution is 9.10. The molecule has 3 nitrogen and oxygen atoms in total. The predicted octanol–water partition coefficient (Wildman–Crippen LogP) is 4.19. The Morgan fingerprint density at radius 3 is 2.47 bits per heavy atom. The van der Waals surface area contributed by atoms with Crippen LogP contribution in [0, 0.1) is 0 Å². The zero-order chi connectivity index (χ0) is 12.3. The first-order valence-corrected chi connectivity index (χ1v) is 6.81. The summed E-state index contributed by atoms with van der Waals surface area (Å²) in [6, 6.07) is 9.25. The number of halogens is 2. The minimum absolute atomic E-state index is 0.197. The van der Waals surface area contributed by atoms with E-state index in [0.717, 1.165) is 16.6 Å². The third kappa shape index (κ3) is 2.98. The molecule has 0 radical (unpaired) electrons. The van der Waals surface area contributed by atoms with Crippen LogP contribution < -0.4 is 5.32 Å². The maximum Gasteiger partial charge on any atom is 0.260 e. The van der Waals surface area contributed by atoms with E-state index in [1.54, 1.807) is 6.07 Å². The largest absolute Gasteiger partial charge is 0.457 e. The van der Waals surface area contributed by atoms with Crippen molar-refractivity contribution >= 4 is 43.5 Å². The van der Waals surface area contributed by atoms with E-state index in [2.05, 4.69) is 37.2 Å². The Labute approximate surface area is 115 Å². The topological polar surface area (TPSA) is 42.2 Å². The van der Waals surface area contributed by atoms with Crippen LogP contribution in [0.4, 0.5) is 5.69 Å². The molecular formula is C12H9Br2NO2. The number of anilines is 1. The van der Waals surface area contributed by atoms with Gasteiger partial charge in [0.05, 0.1) is 11.8 Å². The summed E-state index contributed by atoms with van der Waals surface area (Å²) in [6.45, 7) is 0. The number of furan rings is 1. The van der Waals surface area contributed by atoms with Gasteiger partial charge in [-0.15, -0.1) is 0 Å². The van der Waals surface area contributed by atoms with Crippen LogP contribution >= 0.6 is 31.9 Å². The highest BCUT2D eigenvalue weighted by atomic mass is 79.9. The van der Waals surface area contributed by atoms with Gasteiger partial charge in [-0.05, 0) is 39.7 Å².